The number of carbonyl (C=O) groups is 1. The second-order valence-corrected chi connectivity index (χ2v) is 8.90. The maximum absolute atomic E-state index is 11.5. The van der Waals surface area contributed by atoms with Gasteiger partial charge in [0.25, 0.3) is 0 Å². The van der Waals surface area contributed by atoms with Crippen LogP contribution in [0.15, 0.2) is 103 Å². The summed E-state index contributed by atoms with van der Waals surface area (Å²) >= 11 is 0. The van der Waals surface area contributed by atoms with E-state index in [1.165, 1.54) is 5.57 Å². The molecule has 1 heterocycles. The van der Waals surface area contributed by atoms with Crippen molar-refractivity contribution in [2.24, 2.45) is 0 Å². The van der Waals surface area contributed by atoms with Crippen molar-refractivity contribution in [1.82, 2.24) is 5.32 Å². The summed E-state index contributed by atoms with van der Waals surface area (Å²) in [5.74, 6) is -0.765. The Morgan fingerprint density at radius 3 is 2.00 bits per heavy atom. The average molecular weight is 456 g/mol. The molecule has 2 N–H and O–H groups in total. The van der Waals surface area contributed by atoms with Gasteiger partial charge in [0.2, 0.25) is 0 Å². The second-order valence-electron chi connectivity index (χ2n) is 8.90. The van der Waals surface area contributed by atoms with E-state index in [2.05, 4.69) is 59.9 Å². The highest BCUT2D eigenvalue weighted by Crippen LogP contribution is 2.29. The van der Waals surface area contributed by atoms with Crippen LogP contribution in [-0.4, -0.2) is 30.3 Å². The minimum absolute atomic E-state index is 0.0106. The highest BCUT2D eigenvalue weighted by molar-refractivity contribution is 5.68. The zero-order valence-electron chi connectivity index (χ0n) is 19.5. The zero-order chi connectivity index (χ0) is 23.6. The molecule has 0 saturated carbocycles. The fourth-order valence-electron chi connectivity index (χ4n) is 4.73. The quantitative estimate of drug-likeness (QED) is 0.342. The fourth-order valence-corrected chi connectivity index (χ4v) is 4.73. The number of hydrogen-bond acceptors (Lipinski definition) is 3. The van der Waals surface area contributed by atoms with E-state index in [4.69, 9.17) is 4.74 Å². The lowest BCUT2D eigenvalue weighted by Crippen LogP contribution is -2.34. The predicted octanol–water partition coefficient (Wildman–Crippen LogP) is 6.12. The molecule has 4 nitrogen and oxygen atoms in total. The predicted molar refractivity (Wildman–Crippen MR) is 136 cm³/mol. The van der Waals surface area contributed by atoms with Gasteiger partial charge in [0.05, 0.1) is 13.0 Å². The summed E-state index contributed by atoms with van der Waals surface area (Å²) in [7, 11) is 0. The lowest BCUT2D eigenvalue weighted by molar-refractivity contribution is -0.137. The number of benzene rings is 3. The molecule has 0 amide bonds. The van der Waals surface area contributed by atoms with Gasteiger partial charge in [-0.15, -0.1) is 0 Å². The van der Waals surface area contributed by atoms with Crippen LogP contribution >= 0.6 is 0 Å². The fraction of sp³-hybridized carbons (Fsp3) is 0.300. The van der Waals surface area contributed by atoms with Gasteiger partial charge in [-0.2, -0.15) is 0 Å². The van der Waals surface area contributed by atoms with Gasteiger partial charge in [-0.1, -0.05) is 103 Å². The molecule has 0 fully saturated rings. The molecule has 3 aromatic carbocycles. The minimum atomic E-state index is -0.755. The molecule has 34 heavy (non-hydrogen) atoms. The van der Waals surface area contributed by atoms with Gasteiger partial charge in [0, 0.05) is 6.04 Å². The Kier molecular flexibility index (Phi) is 8.66. The lowest BCUT2D eigenvalue weighted by atomic mass is 9.87. The van der Waals surface area contributed by atoms with E-state index in [-0.39, 0.29) is 24.5 Å². The number of hydrogen-bond donors (Lipinski definition) is 2. The molecule has 0 aromatic heterocycles. The van der Waals surface area contributed by atoms with E-state index in [1.54, 1.807) is 0 Å². The topological polar surface area (TPSA) is 58.6 Å². The van der Waals surface area contributed by atoms with Gasteiger partial charge in [-0.25, -0.2) is 0 Å². The third-order valence-corrected chi connectivity index (χ3v) is 6.43. The Labute approximate surface area is 202 Å². The molecule has 1 unspecified atom stereocenters. The molecule has 4 heteroatoms. The molecule has 1 aliphatic rings. The van der Waals surface area contributed by atoms with Gasteiger partial charge in [0.15, 0.2) is 0 Å². The van der Waals surface area contributed by atoms with Crippen LogP contribution in [-0.2, 0) is 9.53 Å². The van der Waals surface area contributed by atoms with Gasteiger partial charge in [0.1, 0.15) is 6.10 Å². The van der Waals surface area contributed by atoms with Crippen LogP contribution in [0.1, 0.15) is 54.4 Å². The molecular formula is C30H33NO3. The number of ether oxygens (including phenoxy) is 1. The van der Waals surface area contributed by atoms with Crippen molar-refractivity contribution in [1.29, 1.82) is 0 Å². The molecule has 176 valence electrons. The first-order chi connectivity index (χ1) is 16.7. The molecule has 0 bridgehead atoms. The summed E-state index contributed by atoms with van der Waals surface area (Å²) in [4.78, 5) is 11.5. The summed E-state index contributed by atoms with van der Waals surface area (Å²) in [5.41, 5.74) is 4.78. The van der Waals surface area contributed by atoms with E-state index in [1.807, 2.05) is 42.5 Å². The Morgan fingerprint density at radius 2 is 1.44 bits per heavy atom. The minimum Gasteiger partial charge on any atom is -0.481 e. The summed E-state index contributed by atoms with van der Waals surface area (Å²) in [5, 5.41) is 13.0. The molecule has 3 aromatic rings. The number of carboxylic acids is 1. The lowest BCUT2D eigenvalue weighted by Gasteiger charge is -2.27. The average Bonchev–Trinajstić information content (AvgIpc) is 2.88. The molecule has 0 aliphatic carbocycles. The monoisotopic (exact) mass is 455 g/mol. The van der Waals surface area contributed by atoms with Gasteiger partial charge in [-0.3, -0.25) is 4.79 Å². The van der Waals surface area contributed by atoms with E-state index >= 15 is 0 Å². The Balaban J connectivity index is 1.39. The van der Waals surface area contributed by atoms with Crippen LogP contribution < -0.4 is 5.32 Å². The maximum atomic E-state index is 11.5. The van der Waals surface area contributed by atoms with E-state index in [0.29, 0.717) is 6.61 Å². The van der Waals surface area contributed by atoms with Gasteiger partial charge in [-0.05, 0) is 48.4 Å². The third kappa shape index (κ3) is 6.89. The van der Waals surface area contributed by atoms with Gasteiger partial charge >= 0.3 is 5.97 Å². The molecule has 0 saturated heterocycles. The van der Waals surface area contributed by atoms with Crippen LogP contribution in [0.3, 0.4) is 0 Å². The van der Waals surface area contributed by atoms with E-state index < -0.39 is 5.97 Å². The second kappa shape index (κ2) is 12.3. The first kappa shape index (κ1) is 23.9. The zero-order valence-corrected chi connectivity index (χ0v) is 19.5. The third-order valence-electron chi connectivity index (χ3n) is 6.43. The van der Waals surface area contributed by atoms with Crippen molar-refractivity contribution >= 4 is 5.97 Å². The van der Waals surface area contributed by atoms with Crippen LogP contribution in [0.2, 0.25) is 0 Å². The van der Waals surface area contributed by atoms with Crippen molar-refractivity contribution < 1.29 is 14.6 Å². The number of aliphatic carboxylic acids is 1. The standard InChI is InChI=1S/C30H33NO3/c32-29(33)22-27(24-10-4-1-5-11-24)21-28-20-23(16-18-31-28)17-19-34-30(25-12-6-2-7-13-25)26-14-8-3-9-15-26/h1-15,20,27-28,30-31H,16-19,21-22H2,(H,32,33)/t27?,28-/m1/s1. The summed E-state index contributed by atoms with van der Waals surface area (Å²) in [6.07, 6.45) is 5.00. The van der Waals surface area contributed by atoms with Crippen LogP contribution in [0.4, 0.5) is 0 Å². The summed E-state index contributed by atoms with van der Waals surface area (Å²) in [6, 6.07) is 30.9. The molecule has 0 spiro atoms. The SMILES string of the molecule is O=C(O)CC(C[C@H]1C=C(CCOC(c2ccccc2)c2ccccc2)CCN1)c1ccccc1. The first-order valence-corrected chi connectivity index (χ1v) is 12.1. The Bertz CT molecular complexity index is 1010. The summed E-state index contributed by atoms with van der Waals surface area (Å²) in [6.45, 7) is 1.55. The number of carboxylic acid groups (broad SMARTS) is 1. The molecular weight excluding hydrogens is 422 g/mol. The first-order valence-electron chi connectivity index (χ1n) is 12.1. The molecule has 2 atom stereocenters. The number of nitrogens with one attached hydrogen (secondary N) is 1. The van der Waals surface area contributed by atoms with Crippen molar-refractivity contribution in [3.05, 3.63) is 119 Å². The largest absolute Gasteiger partial charge is 0.481 e. The van der Waals surface area contributed by atoms with Crippen molar-refractivity contribution in [3.8, 4) is 0 Å². The molecule has 1 aliphatic heterocycles. The highest BCUT2D eigenvalue weighted by atomic mass is 16.5. The van der Waals surface area contributed by atoms with Gasteiger partial charge < -0.3 is 15.2 Å². The Hall–Kier alpha value is -3.21. The van der Waals surface area contributed by atoms with Crippen molar-refractivity contribution in [3.63, 3.8) is 0 Å². The van der Waals surface area contributed by atoms with Crippen LogP contribution in [0, 0.1) is 0 Å². The normalized spacial score (nSPS) is 16.7. The van der Waals surface area contributed by atoms with Crippen molar-refractivity contribution in [2.75, 3.05) is 13.2 Å². The van der Waals surface area contributed by atoms with E-state index in [9.17, 15) is 9.90 Å². The number of rotatable bonds is 11. The van der Waals surface area contributed by atoms with Crippen LogP contribution in [0.5, 0.6) is 0 Å². The Morgan fingerprint density at radius 1 is 0.882 bits per heavy atom. The van der Waals surface area contributed by atoms with Crippen molar-refractivity contribution in [2.45, 2.75) is 43.7 Å². The maximum Gasteiger partial charge on any atom is 0.303 e. The smallest absolute Gasteiger partial charge is 0.303 e. The molecule has 4 rings (SSSR count). The van der Waals surface area contributed by atoms with Crippen LogP contribution in [0.25, 0.3) is 0 Å². The molecule has 0 radical (unpaired) electrons. The van der Waals surface area contributed by atoms with E-state index in [0.717, 1.165) is 42.5 Å². The highest BCUT2D eigenvalue weighted by Gasteiger charge is 2.22. The summed E-state index contributed by atoms with van der Waals surface area (Å²) < 4.78 is 6.42.